The van der Waals surface area contributed by atoms with Crippen LogP contribution in [0.4, 0.5) is 0 Å². The minimum absolute atomic E-state index is 0.0805. The molecule has 1 rings (SSSR count). The van der Waals surface area contributed by atoms with Gasteiger partial charge in [-0.1, -0.05) is 6.92 Å². The van der Waals surface area contributed by atoms with Crippen LogP contribution in [0.1, 0.15) is 40.5 Å². The van der Waals surface area contributed by atoms with Crippen LogP contribution < -0.4 is 5.32 Å². The number of sulfonamides is 1. The maximum atomic E-state index is 12.2. The Bertz CT molecular complexity index is 363. The molecular weight excluding hydrogens is 276 g/mol. The Morgan fingerprint density at radius 2 is 1.85 bits per heavy atom. The molecule has 1 fully saturated rings. The molecule has 0 radical (unpaired) electrons. The summed E-state index contributed by atoms with van der Waals surface area (Å²) in [4.78, 5) is 0. The molecule has 1 aliphatic heterocycles. The predicted octanol–water partition coefficient (Wildman–Crippen LogP) is 1.45. The summed E-state index contributed by atoms with van der Waals surface area (Å²) in [5.41, 5.74) is 0. The normalized spacial score (nSPS) is 20.4. The molecule has 20 heavy (non-hydrogen) atoms. The first-order valence-electron chi connectivity index (χ1n) is 7.69. The first kappa shape index (κ1) is 17.9. The number of rotatable bonds is 8. The fourth-order valence-corrected chi connectivity index (χ4v) is 3.99. The van der Waals surface area contributed by atoms with Gasteiger partial charge in [0.05, 0.1) is 18.5 Å². The second-order valence-electron chi connectivity index (χ2n) is 5.82. The summed E-state index contributed by atoms with van der Waals surface area (Å²) in [6.07, 6.45) is 1.97. The van der Waals surface area contributed by atoms with E-state index in [0.29, 0.717) is 25.0 Å². The van der Waals surface area contributed by atoms with E-state index < -0.39 is 10.0 Å². The van der Waals surface area contributed by atoms with Gasteiger partial charge in [0.2, 0.25) is 10.0 Å². The third-order valence-electron chi connectivity index (χ3n) is 3.92. The quantitative estimate of drug-likeness (QED) is 0.737. The van der Waals surface area contributed by atoms with Gasteiger partial charge in [0.15, 0.2) is 0 Å². The van der Waals surface area contributed by atoms with E-state index >= 15 is 0 Å². The molecule has 0 amide bonds. The largest absolute Gasteiger partial charge is 0.378 e. The van der Waals surface area contributed by atoms with Crippen molar-refractivity contribution in [3.05, 3.63) is 0 Å². The zero-order chi connectivity index (χ0) is 15.2. The molecule has 0 saturated carbocycles. The summed E-state index contributed by atoms with van der Waals surface area (Å²) >= 11 is 0. The Kier molecular flexibility index (Phi) is 7.43. The maximum Gasteiger partial charge on any atom is 0.216 e. The molecule has 5 nitrogen and oxygen atoms in total. The van der Waals surface area contributed by atoms with Gasteiger partial charge in [0.25, 0.3) is 0 Å². The van der Waals surface area contributed by atoms with Crippen LogP contribution in [0, 0.1) is 5.92 Å². The summed E-state index contributed by atoms with van der Waals surface area (Å²) in [5, 5.41) is 3.43. The molecule has 1 heterocycles. The molecule has 1 aliphatic rings. The van der Waals surface area contributed by atoms with Crippen LogP contribution in [-0.4, -0.2) is 56.9 Å². The minimum Gasteiger partial charge on any atom is -0.378 e. The van der Waals surface area contributed by atoms with Crippen molar-refractivity contribution >= 4 is 10.0 Å². The van der Waals surface area contributed by atoms with Gasteiger partial charge in [-0.2, -0.15) is 0 Å². The second kappa shape index (κ2) is 8.32. The first-order chi connectivity index (χ1) is 9.36. The topological polar surface area (TPSA) is 58.6 Å². The average molecular weight is 306 g/mol. The predicted molar refractivity (Wildman–Crippen MR) is 82.3 cm³/mol. The third kappa shape index (κ3) is 5.68. The Hall–Kier alpha value is -0.170. The fraction of sp³-hybridized carbons (Fsp3) is 1.00. The highest BCUT2D eigenvalue weighted by Crippen LogP contribution is 2.22. The van der Waals surface area contributed by atoms with E-state index in [4.69, 9.17) is 4.74 Å². The number of hydrogen-bond donors (Lipinski definition) is 1. The van der Waals surface area contributed by atoms with Crippen molar-refractivity contribution in [1.82, 2.24) is 9.62 Å². The monoisotopic (exact) mass is 306 g/mol. The lowest BCUT2D eigenvalue weighted by molar-refractivity contribution is 0.0904. The molecule has 120 valence electrons. The zero-order valence-electron chi connectivity index (χ0n) is 13.3. The Balaban J connectivity index is 2.39. The van der Waals surface area contributed by atoms with Gasteiger partial charge in [0, 0.05) is 19.1 Å². The van der Waals surface area contributed by atoms with Gasteiger partial charge in [0.1, 0.15) is 0 Å². The van der Waals surface area contributed by atoms with Crippen molar-refractivity contribution in [2.75, 3.05) is 32.0 Å². The van der Waals surface area contributed by atoms with E-state index in [2.05, 4.69) is 19.2 Å². The van der Waals surface area contributed by atoms with Crippen LogP contribution in [0.25, 0.3) is 0 Å². The van der Waals surface area contributed by atoms with E-state index in [9.17, 15) is 8.42 Å². The number of piperidine rings is 1. The highest BCUT2D eigenvalue weighted by molar-refractivity contribution is 7.89. The van der Waals surface area contributed by atoms with Gasteiger partial charge >= 0.3 is 0 Å². The molecule has 0 spiro atoms. The van der Waals surface area contributed by atoms with Crippen molar-refractivity contribution < 1.29 is 13.2 Å². The molecule has 6 heteroatoms. The van der Waals surface area contributed by atoms with Gasteiger partial charge in [-0.25, -0.2) is 12.7 Å². The highest BCUT2D eigenvalue weighted by atomic mass is 32.2. The van der Waals surface area contributed by atoms with Gasteiger partial charge in [-0.15, -0.1) is 0 Å². The Morgan fingerprint density at radius 1 is 1.25 bits per heavy atom. The van der Waals surface area contributed by atoms with E-state index in [1.54, 1.807) is 4.31 Å². The van der Waals surface area contributed by atoms with Crippen LogP contribution in [0.5, 0.6) is 0 Å². The molecule has 1 N–H and O–H groups in total. The summed E-state index contributed by atoms with van der Waals surface area (Å²) in [5.74, 6) is 0.673. The molecule has 0 aliphatic carbocycles. The van der Waals surface area contributed by atoms with Crippen LogP contribution in [0.15, 0.2) is 0 Å². The molecule has 0 aromatic rings. The lowest BCUT2D eigenvalue weighted by atomic mass is 9.91. The molecule has 0 aromatic heterocycles. The third-order valence-corrected chi connectivity index (χ3v) is 5.75. The molecule has 1 saturated heterocycles. The van der Waals surface area contributed by atoms with Gasteiger partial charge in [-0.05, 0) is 46.1 Å². The van der Waals surface area contributed by atoms with Crippen molar-refractivity contribution in [1.29, 1.82) is 0 Å². The molecule has 1 atom stereocenters. The van der Waals surface area contributed by atoms with Crippen LogP contribution in [0.2, 0.25) is 0 Å². The van der Waals surface area contributed by atoms with Crippen molar-refractivity contribution in [3.63, 3.8) is 0 Å². The fourth-order valence-electron chi connectivity index (χ4n) is 2.66. The van der Waals surface area contributed by atoms with E-state index in [0.717, 1.165) is 19.4 Å². The van der Waals surface area contributed by atoms with Gasteiger partial charge in [-0.3, -0.25) is 0 Å². The number of nitrogens with zero attached hydrogens (tertiary/aromatic N) is 1. The SMILES string of the molecule is CCNC(C)C1CCN(S(=O)(=O)CCOC(C)C)CC1. The smallest absolute Gasteiger partial charge is 0.216 e. The van der Waals surface area contributed by atoms with Crippen LogP contribution >= 0.6 is 0 Å². The lowest BCUT2D eigenvalue weighted by Gasteiger charge is -2.34. The van der Waals surface area contributed by atoms with E-state index in [1.807, 2.05) is 13.8 Å². The van der Waals surface area contributed by atoms with Crippen LogP contribution in [0.3, 0.4) is 0 Å². The second-order valence-corrected chi connectivity index (χ2v) is 7.91. The van der Waals surface area contributed by atoms with Gasteiger partial charge < -0.3 is 10.1 Å². The molecule has 0 aromatic carbocycles. The number of ether oxygens (including phenoxy) is 1. The zero-order valence-corrected chi connectivity index (χ0v) is 14.1. The van der Waals surface area contributed by atoms with Crippen molar-refractivity contribution in [2.45, 2.75) is 52.7 Å². The Labute approximate surface area is 124 Å². The molecule has 0 bridgehead atoms. The standard InChI is InChI=1S/C14H30N2O3S/c1-5-15-13(4)14-6-8-16(9-7-14)20(17,18)11-10-19-12(2)3/h12-15H,5-11H2,1-4H3. The molecular formula is C14H30N2O3S. The Morgan fingerprint density at radius 3 is 2.35 bits per heavy atom. The van der Waals surface area contributed by atoms with E-state index in [1.165, 1.54) is 0 Å². The maximum absolute atomic E-state index is 12.2. The number of hydrogen-bond acceptors (Lipinski definition) is 4. The summed E-state index contributed by atoms with van der Waals surface area (Å²) in [6, 6.07) is 0.467. The molecule has 1 unspecified atom stereocenters. The van der Waals surface area contributed by atoms with E-state index in [-0.39, 0.29) is 18.5 Å². The summed E-state index contributed by atoms with van der Waals surface area (Å²) < 4.78 is 31.4. The highest BCUT2D eigenvalue weighted by Gasteiger charge is 2.29. The van der Waals surface area contributed by atoms with Crippen molar-refractivity contribution in [2.24, 2.45) is 5.92 Å². The summed E-state index contributed by atoms with van der Waals surface area (Å²) in [6.45, 7) is 10.7. The minimum atomic E-state index is -3.15. The first-order valence-corrected chi connectivity index (χ1v) is 9.30. The average Bonchev–Trinajstić information content (AvgIpc) is 2.38. The lowest BCUT2D eigenvalue weighted by Crippen LogP contribution is -2.45. The van der Waals surface area contributed by atoms with Crippen molar-refractivity contribution in [3.8, 4) is 0 Å². The van der Waals surface area contributed by atoms with Crippen LogP contribution in [-0.2, 0) is 14.8 Å². The number of nitrogens with one attached hydrogen (secondary N) is 1. The summed E-state index contributed by atoms with van der Waals surface area (Å²) in [7, 11) is -3.15.